The van der Waals surface area contributed by atoms with Crippen molar-refractivity contribution in [2.45, 2.75) is 26.2 Å². The Balaban J connectivity index is 2.27. The van der Waals surface area contributed by atoms with Gasteiger partial charge < -0.3 is 5.32 Å². The quantitative estimate of drug-likeness (QED) is 0.788. The second kappa shape index (κ2) is 4.79. The van der Waals surface area contributed by atoms with E-state index >= 15 is 0 Å². The first-order chi connectivity index (χ1) is 7.70. The van der Waals surface area contributed by atoms with Gasteiger partial charge in [0.2, 0.25) is 0 Å². The maximum absolute atomic E-state index is 11.6. The third-order valence-electron chi connectivity index (χ3n) is 3.64. The summed E-state index contributed by atoms with van der Waals surface area (Å²) in [5.74, 6) is 1.31. The Hall–Kier alpha value is -1.15. The molecule has 2 rings (SSSR count). The van der Waals surface area contributed by atoms with Gasteiger partial charge >= 0.3 is 0 Å². The lowest BCUT2D eigenvalue weighted by Crippen LogP contribution is -2.16. The van der Waals surface area contributed by atoms with Gasteiger partial charge in [0.25, 0.3) is 0 Å². The molecular weight excluding hydrogens is 198 g/mol. The molecule has 2 atom stereocenters. The van der Waals surface area contributed by atoms with Crippen LogP contribution in [-0.4, -0.2) is 18.9 Å². The van der Waals surface area contributed by atoms with E-state index in [-0.39, 0.29) is 5.78 Å². The van der Waals surface area contributed by atoms with Crippen LogP contribution in [0, 0.1) is 5.92 Å². The van der Waals surface area contributed by atoms with Gasteiger partial charge in [-0.2, -0.15) is 0 Å². The number of Topliss-reactive ketones (excluding diaryl/α,β-unsaturated/α-hetero) is 1. The van der Waals surface area contributed by atoms with Gasteiger partial charge in [-0.25, -0.2) is 0 Å². The van der Waals surface area contributed by atoms with Crippen molar-refractivity contribution >= 4 is 5.78 Å². The molecule has 1 aliphatic heterocycles. The van der Waals surface area contributed by atoms with Crippen LogP contribution in [0.1, 0.15) is 42.1 Å². The summed E-state index contributed by atoms with van der Waals surface area (Å²) in [6.45, 7) is 6.07. The normalized spacial score (nSPS) is 22.0. The summed E-state index contributed by atoms with van der Waals surface area (Å²) in [4.78, 5) is 11.6. The minimum atomic E-state index is 0.174. The lowest BCUT2D eigenvalue weighted by atomic mass is 9.84. The second-order valence-electron chi connectivity index (χ2n) is 4.68. The Morgan fingerprint density at radius 2 is 2.19 bits per heavy atom. The van der Waals surface area contributed by atoms with Gasteiger partial charge in [-0.3, -0.25) is 4.79 Å². The summed E-state index contributed by atoms with van der Waals surface area (Å²) < 4.78 is 0. The molecule has 2 unspecified atom stereocenters. The van der Waals surface area contributed by atoms with Crippen LogP contribution in [0.2, 0.25) is 0 Å². The van der Waals surface area contributed by atoms with Gasteiger partial charge in [0.05, 0.1) is 0 Å². The molecule has 1 aromatic rings. The molecule has 2 nitrogen and oxygen atoms in total. The fraction of sp³-hybridized carbons (Fsp3) is 0.500. The zero-order chi connectivity index (χ0) is 11.5. The van der Waals surface area contributed by atoms with E-state index in [2.05, 4.69) is 18.3 Å². The minimum absolute atomic E-state index is 0.174. The van der Waals surface area contributed by atoms with Crippen molar-refractivity contribution in [2.24, 2.45) is 5.92 Å². The highest BCUT2D eigenvalue weighted by atomic mass is 16.1. The summed E-state index contributed by atoms with van der Waals surface area (Å²) >= 11 is 0. The average Bonchev–Trinajstić information content (AvgIpc) is 2.81. The molecule has 0 saturated carbocycles. The molecular formula is C14H19NO. The number of hydrogen-bond donors (Lipinski definition) is 1. The maximum Gasteiger partial charge on any atom is 0.160 e. The monoisotopic (exact) mass is 217 g/mol. The predicted octanol–water partition coefficient (Wildman–Crippen LogP) is 2.60. The fourth-order valence-corrected chi connectivity index (χ4v) is 2.57. The van der Waals surface area contributed by atoms with E-state index < -0.39 is 0 Å². The maximum atomic E-state index is 11.6. The van der Waals surface area contributed by atoms with Gasteiger partial charge in [0.15, 0.2) is 5.78 Å². The average molecular weight is 217 g/mol. The Bertz CT molecular complexity index is 380. The van der Waals surface area contributed by atoms with Crippen molar-refractivity contribution < 1.29 is 4.79 Å². The first-order valence-electron chi connectivity index (χ1n) is 6.00. The van der Waals surface area contributed by atoms with Crippen molar-refractivity contribution in [2.75, 3.05) is 13.1 Å². The number of nitrogens with one attached hydrogen (secondary N) is 1. The Morgan fingerprint density at radius 1 is 1.44 bits per heavy atom. The molecule has 2 heteroatoms. The molecule has 86 valence electrons. The fourth-order valence-electron chi connectivity index (χ4n) is 2.57. The molecule has 1 saturated heterocycles. The number of ketones is 1. The first-order valence-corrected chi connectivity index (χ1v) is 6.00. The third-order valence-corrected chi connectivity index (χ3v) is 3.64. The van der Waals surface area contributed by atoms with Crippen LogP contribution in [0.4, 0.5) is 0 Å². The van der Waals surface area contributed by atoms with Crippen LogP contribution in [-0.2, 0) is 0 Å². The summed E-state index contributed by atoms with van der Waals surface area (Å²) in [5.41, 5.74) is 2.10. The zero-order valence-corrected chi connectivity index (χ0v) is 9.99. The smallest absolute Gasteiger partial charge is 0.160 e. The Labute approximate surface area is 97.1 Å². The molecule has 0 spiro atoms. The summed E-state index contributed by atoms with van der Waals surface area (Å²) in [7, 11) is 0. The Morgan fingerprint density at radius 3 is 2.81 bits per heavy atom. The zero-order valence-electron chi connectivity index (χ0n) is 9.99. The Kier molecular flexibility index (Phi) is 3.39. The molecule has 16 heavy (non-hydrogen) atoms. The highest BCUT2D eigenvalue weighted by Crippen LogP contribution is 2.30. The summed E-state index contributed by atoms with van der Waals surface area (Å²) in [6.07, 6.45) is 1.22. The summed E-state index contributed by atoms with van der Waals surface area (Å²) in [6, 6.07) is 8.01. The van der Waals surface area contributed by atoms with Crippen molar-refractivity contribution in [3.8, 4) is 0 Å². The largest absolute Gasteiger partial charge is 0.316 e. The van der Waals surface area contributed by atoms with Crippen LogP contribution in [0.3, 0.4) is 0 Å². The van der Waals surface area contributed by atoms with Crippen LogP contribution < -0.4 is 5.32 Å². The second-order valence-corrected chi connectivity index (χ2v) is 4.68. The van der Waals surface area contributed by atoms with Gasteiger partial charge in [-0.05, 0) is 43.8 Å². The van der Waals surface area contributed by atoms with Gasteiger partial charge in [-0.1, -0.05) is 31.2 Å². The number of hydrogen-bond acceptors (Lipinski definition) is 2. The van der Waals surface area contributed by atoms with E-state index in [1.165, 1.54) is 12.0 Å². The number of benzene rings is 1. The van der Waals surface area contributed by atoms with E-state index in [1.54, 1.807) is 6.92 Å². The van der Waals surface area contributed by atoms with Gasteiger partial charge in [-0.15, -0.1) is 0 Å². The van der Waals surface area contributed by atoms with E-state index in [9.17, 15) is 4.79 Å². The number of carbonyl (C=O) groups excluding carboxylic acids is 1. The van der Waals surface area contributed by atoms with Crippen molar-refractivity contribution in [3.63, 3.8) is 0 Å². The van der Waals surface area contributed by atoms with Gasteiger partial charge in [0.1, 0.15) is 0 Å². The molecule has 0 radical (unpaired) electrons. The van der Waals surface area contributed by atoms with Crippen LogP contribution in [0.25, 0.3) is 0 Å². The van der Waals surface area contributed by atoms with Crippen LogP contribution in [0.15, 0.2) is 24.3 Å². The molecule has 1 aromatic carbocycles. The lowest BCUT2D eigenvalue weighted by molar-refractivity contribution is 0.101. The topological polar surface area (TPSA) is 29.1 Å². The van der Waals surface area contributed by atoms with Crippen LogP contribution in [0.5, 0.6) is 0 Å². The van der Waals surface area contributed by atoms with Crippen LogP contribution >= 0.6 is 0 Å². The lowest BCUT2D eigenvalue weighted by Gasteiger charge is -2.20. The van der Waals surface area contributed by atoms with Gasteiger partial charge in [0, 0.05) is 5.56 Å². The molecule has 1 fully saturated rings. The van der Waals surface area contributed by atoms with Crippen molar-refractivity contribution in [1.29, 1.82) is 0 Å². The minimum Gasteiger partial charge on any atom is -0.316 e. The highest BCUT2D eigenvalue weighted by Gasteiger charge is 2.24. The summed E-state index contributed by atoms with van der Waals surface area (Å²) in [5, 5.41) is 3.39. The van der Waals surface area contributed by atoms with Crippen molar-refractivity contribution in [1.82, 2.24) is 5.32 Å². The molecule has 1 heterocycles. The van der Waals surface area contributed by atoms with E-state index in [0.717, 1.165) is 18.7 Å². The molecule has 1 aliphatic rings. The van der Waals surface area contributed by atoms with Crippen molar-refractivity contribution in [3.05, 3.63) is 35.4 Å². The molecule has 0 amide bonds. The molecule has 0 bridgehead atoms. The van der Waals surface area contributed by atoms with E-state index in [0.29, 0.717) is 11.8 Å². The van der Waals surface area contributed by atoms with E-state index in [1.807, 2.05) is 18.2 Å². The predicted molar refractivity (Wildman–Crippen MR) is 65.8 cm³/mol. The molecule has 0 aromatic heterocycles. The number of carbonyl (C=O) groups is 1. The first kappa shape index (κ1) is 11.3. The highest BCUT2D eigenvalue weighted by molar-refractivity contribution is 5.95. The standard InChI is InChI=1S/C14H19NO/c1-10(12-7-8-15-9-12)13-5-3-4-6-14(13)11(2)16/h3-6,10,12,15H,7-9H2,1-2H3. The SMILES string of the molecule is CC(=O)c1ccccc1C(C)C1CCNC1. The van der Waals surface area contributed by atoms with E-state index in [4.69, 9.17) is 0 Å². The third kappa shape index (κ3) is 2.17. The number of rotatable bonds is 3. The molecule has 0 aliphatic carbocycles. The molecule has 1 N–H and O–H groups in total.